The maximum absolute atomic E-state index is 11.0. The first-order chi connectivity index (χ1) is 9.00. The lowest BCUT2D eigenvalue weighted by atomic mass is 10.1. The van der Waals surface area contributed by atoms with Gasteiger partial charge in [-0.3, -0.25) is 10.1 Å². The SMILES string of the molecule is Cc1cccc(Nc2ncnc(Cl)c2[N+](=O)[O-])c1C. The fourth-order valence-corrected chi connectivity index (χ4v) is 1.83. The van der Waals surface area contributed by atoms with E-state index >= 15 is 0 Å². The van der Waals surface area contributed by atoms with Gasteiger partial charge in [-0.05, 0) is 31.0 Å². The molecule has 0 aliphatic heterocycles. The number of aryl methyl sites for hydroxylation is 1. The molecule has 2 aromatic rings. The van der Waals surface area contributed by atoms with Crippen molar-refractivity contribution in [2.45, 2.75) is 13.8 Å². The number of nitrogens with one attached hydrogen (secondary N) is 1. The van der Waals surface area contributed by atoms with Gasteiger partial charge in [0.15, 0.2) is 0 Å². The summed E-state index contributed by atoms with van der Waals surface area (Å²) in [6.45, 7) is 3.88. The number of anilines is 2. The molecule has 98 valence electrons. The van der Waals surface area contributed by atoms with Crippen molar-refractivity contribution in [2.24, 2.45) is 0 Å². The fourth-order valence-electron chi connectivity index (χ4n) is 1.62. The normalized spacial score (nSPS) is 10.3. The highest BCUT2D eigenvalue weighted by Crippen LogP contribution is 2.31. The molecule has 0 saturated heterocycles. The van der Waals surface area contributed by atoms with E-state index in [2.05, 4.69) is 15.3 Å². The monoisotopic (exact) mass is 278 g/mol. The molecule has 1 aromatic carbocycles. The summed E-state index contributed by atoms with van der Waals surface area (Å²) in [6.07, 6.45) is 1.18. The van der Waals surface area contributed by atoms with Gasteiger partial charge in [-0.15, -0.1) is 0 Å². The van der Waals surface area contributed by atoms with Gasteiger partial charge in [0.1, 0.15) is 6.33 Å². The first kappa shape index (κ1) is 13.2. The average molecular weight is 279 g/mol. The second-order valence-corrected chi connectivity index (χ2v) is 4.35. The van der Waals surface area contributed by atoms with Crippen molar-refractivity contribution in [3.63, 3.8) is 0 Å². The number of rotatable bonds is 3. The third-order valence-electron chi connectivity index (χ3n) is 2.82. The molecule has 0 atom stereocenters. The topological polar surface area (TPSA) is 81.0 Å². The van der Waals surface area contributed by atoms with Gasteiger partial charge in [0, 0.05) is 5.69 Å². The van der Waals surface area contributed by atoms with Crippen LogP contribution in [0, 0.1) is 24.0 Å². The molecule has 0 aliphatic rings. The molecule has 19 heavy (non-hydrogen) atoms. The van der Waals surface area contributed by atoms with Gasteiger partial charge in [0.25, 0.3) is 0 Å². The standard InChI is InChI=1S/C12H11ClN4O2/c1-7-4-3-5-9(8(7)2)16-12-10(17(18)19)11(13)14-6-15-12/h3-6H,1-2H3,(H,14,15,16). The van der Waals surface area contributed by atoms with Crippen molar-refractivity contribution in [2.75, 3.05) is 5.32 Å². The zero-order chi connectivity index (χ0) is 14.0. The van der Waals surface area contributed by atoms with E-state index in [1.807, 2.05) is 32.0 Å². The average Bonchev–Trinajstić information content (AvgIpc) is 2.34. The van der Waals surface area contributed by atoms with Crippen LogP contribution in [0.25, 0.3) is 0 Å². The van der Waals surface area contributed by atoms with Crippen molar-refractivity contribution >= 4 is 28.8 Å². The Morgan fingerprint density at radius 1 is 1.32 bits per heavy atom. The van der Waals surface area contributed by atoms with Crippen LogP contribution in [0.1, 0.15) is 11.1 Å². The molecule has 1 N–H and O–H groups in total. The Morgan fingerprint density at radius 2 is 2.05 bits per heavy atom. The number of aromatic nitrogens is 2. The molecule has 7 heteroatoms. The lowest BCUT2D eigenvalue weighted by Gasteiger charge is -2.10. The summed E-state index contributed by atoms with van der Waals surface area (Å²) in [7, 11) is 0. The summed E-state index contributed by atoms with van der Waals surface area (Å²) in [4.78, 5) is 17.9. The molecule has 0 aliphatic carbocycles. The van der Waals surface area contributed by atoms with Gasteiger partial charge < -0.3 is 5.32 Å². The molecule has 0 bridgehead atoms. The van der Waals surface area contributed by atoms with Gasteiger partial charge in [0.2, 0.25) is 11.0 Å². The van der Waals surface area contributed by atoms with Crippen LogP contribution < -0.4 is 5.32 Å². The third kappa shape index (κ3) is 2.63. The predicted molar refractivity (Wildman–Crippen MR) is 72.9 cm³/mol. The van der Waals surface area contributed by atoms with Crippen LogP contribution in [-0.4, -0.2) is 14.9 Å². The molecular weight excluding hydrogens is 268 g/mol. The third-order valence-corrected chi connectivity index (χ3v) is 3.09. The van der Waals surface area contributed by atoms with Crippen molar-refractivity contribution < 1.29 is 4.92 Å². The molecular formula is C12H11ClN4O2. The van der Waals surface area contributed by atoms with E-state index in [-0.39, 0.29) is 16.7 Å². The molecule has 0 amide bonds. The summed E-state index contributed by atoms with van der Waals surface area (Å²) >= 11 is 5.73. The van der Waals surface area contributed by atoms with Crippen LogP contribution in [0.4, 0.5) is 17.2 Å². The predicted octanol–water partition coefficient (Wildman–Crippen LogP) is 3.40. The summed E-state index contributed by atoms with van der Waals surface area (Å²) < 4.78 is 0. The quantitative estimate of drug-likeness (QED) is 0.529. The van der Waals surface area contributed by atoms with Crippen molar-refractivity contribution in [1.29, 1.82) is 0 Å². The first-order valence-electron chi connectivity index (χ1n) is 5.49. The van der Waals surface area contributed by atoms with Gasteiger partial charge in [-0.1, -0.05) is 23.7 Å². The number of hydrogen-bond donors (Lipinski definition) is 1. The van der Waals surface area contributed by atoms with Crippen LogP contribution in [0.5, 0.6) is 0 Å². The smallest absolute Gasteiger partial charge is 0.334 e. The Morgan fingerprint density at radius 3 is 2.74 bits per heavy atom. The number of benzene rings is 1. The highest BCUT2D eigenvalue weighted by Gasteiger charge is 2.21. The van der Waals surface area contributed by atoms with E-state index < -0.39 is 4.92 Å². The number of halogens is 1. The van der Waals surface area contributed by atoms with Crippen LogP contribution in [-0.2, 0) is 0 Å². The van der Waals surface area contributed by atoms with E-state index in [1.54, 1.807) is 0 Å². The minimum absolute atomic E-state index is 0.0821. The van der Waals surface area contributed by atoms with Crippen molar-refractivity contribution in [1.82, 2.24) is 9.97 Å². The van der Waals surface area contributed by atoms with E-state index in [4.69, 9.17) is 11.6 Å². The maximum atomic E-state index is 11.0. The van der Waals surface area contributed by atoms with Gasteiger partial charge in [-0.2, -0.15) is 0 Å². The molecule has 0 spiro atoms. The molecule has 0 unspecified atom stereocenters. The van der Waals surface area contributed by atoms with Gasteiger partial charge in [0.05, 0.1) is 4.92 Å². The van der Waals surface area contributed by atoms with E-state index in [0.29, 0.717) is 0 Å². The van der Waals surface area contributed by atoms with Gasteiger partial charge in [-0.25, -0.2) is 9.97 Å². The summed E-state index contributed by atoms with van der Waals surface area (Å²) in [5, 5.41) is 13.7. The van der Waals surface area contributed by atoms with E-state index in [1.165, 1.54) is 6.33 Å². The number of hydrogen-bond acceptors (Lipinski definition) is 5. The number of nitrogens with zero attached hydrogens (tertiary/aromatic N) is 3. The molecule has 0 radical (unpaired) electrons. The highest BCUT2D eigenvalue weighted by atomic mass is 35.5. The molecule has 2 rings (SSSR count). The minimum Gasteiger partial charge on any atom is -0.334 e. The van der Waals surface area contributed by atoms with Gasteiger partial charge >= 0.3 is 5.69 Å². The maximum Gasteiger partial charge on any atom is 0.348 e. The van der Waals surface area contributed by atoms with Crippen molar-refractivity contribution in [3.8, 4) is 0 Å². The second kappa shape index (κ2) is 5.19. The van der Waals surface area contributed by atoms with Crippen LogP contribution in [0.15, 0.2) is 24.5 Å². The van der Waals surface area contributed by atoms with E-state index in [9.17, 15) is 10.1 Å². The Labute approximate surface area is 114 Å². The van der Waals surface area contributed by atoms with Crippen LogP contribution in [0.2, 0.25) is 5.15 Å². The minimum atomic E-state index is -0.601. The molecule has 6 nitrogen and oxygen atoms in total. The summed E-state index contributed by atoms with van der Waals surface area (Å²) in [5.41, 5.74) is 2.49. The van der Waals surface area contributed by atoms with Crippen LogP contribution >= 0.6 is 11.6 Å². The molecule has 1 heterocycles. The summed E-state index contributed by atoms with van der Waals surface area (Å²) in [5.74, 6) is 0.0821. The zero-order valence-corrected chi connectivity index (χ0v) is 11.1. The molecule has 0 fully saturated rings. The lowest BCUT2D eigenvalue weighted by Crippen LogP contribution is -2.03. The Bertz CT molecular complexity index is 646. The van der Waals surface area contributed by atoms with Crippen molar-refractivity contribution in [3.05, 3.63) is 50.9 Å². The lowest BCUT2D eigenvalue weighted by molar-refractivity contribution is -0.384. The second-order valence-electron chi connectivity index (χ2n) is 3.99. The highest BCUT2D eigenvalue weighted by molar-refractivity contribution is 6.31. The Balaban J connectivity index is 2.47. The van der Waals surface area contributed by atoms with E-state index in [0.717, 1.165) is 16.8 Å². The molecule has 0 saturated carbocycles. The fraction of sp³-hybridized carbons (Fsp3) is 0.167. The van der Waals surface area contributed by atoms with Crippen LogP contribution in [0.3, 0.4) is 0 Å². The largest absolute Gasteiger partial charge is 0.348 e. The Hall–Kier alpha value is -2.21. The number of nitro groups is 1. The Kier molecular flexibility index (Phi) is 3.62. The summed E-state index contributed by atoms with van der Waals surface area (Å²) in [6, 6.07) is 5.64. The first-order valence-corrected chi connectivity index (χ1v) is 5.86. The zero-order valence-electron chi connectivity index (χ0n) is 10.3. The molecule has 1 aromatic heterocycles.